The predicted octanol–water partition coefficient (Wildman–Crippen LogP) is 4.30. The van der Waals surface area contributed by atoms with E-state index in [0.29, 0.717) is 5.02 Å². The molecular weight excluding hydrogens is 299 g/mol. The summed E-state index contributed by atoms with van der Waals surface area (Å²) >= 11 is 10.8. The van der Waals surface area contributed by atoms with Crippen LogP contribution in [0.1, 0.15) is 0 Å². The molecule has 3 nitrogen and oxygen atoms in total. The lowest BCUT2D eigenvalue weighted by molar-refractivity contribution is 0.415. The maximum absolute atomic E-state index is 13.6. The lowest BCUT2D eigenvalue weighted by atomic mass is 10.3. The van der Waals surface area contributed by atoms with E-state index in [9.17, 15) is 4.39 Å². The van der Waals surface area contributed by atoms with E-state index in [-0.39, 0.29) is 10.8 Å². The van der Waals surface area contributed by atoms with Crippen LogP contribution < -0.4 is 15.4 Å². The Morgan fingerprint density at radius 1 is 1.15 bits per heavy atom. The number of thiocarbonyl (C=S) groups is 1. The van der Waals surface area contributed by atoms with Gasteiger partial charge in [0.25, 0.3) is 0 Å². The summed E-state index contributed by atoms with van der Waals surface area (Å²) in [6.07, 6.45) is 0. The molecular formula is C14H12ClFN2OS. The first-order valence-electron chi connectivity index (χ1n) is 5.75. The number of ether oxygens (including phenoxy) is 1. The smallest absolute Gasteiger partial charge is 0.175 e. The SMILES string of the molecule is COc1ccc(NC(=S)Nc2ccc(Cl)cc2F)cc1. The molecule has 0 aliphatic rings. The van der Waals surface area contributed by atoms with Crippen LogP contribution >= 0.6 is 23.8 Å². The van der Waals surface area contributed by atoms with Gasteiger partial charge in [0.2, 0.25) is 0 Å². The van der Waals surface area contributed by atoms with Crippen molar-refractivity contribution in [3.8, 4) is 5.75 Å². The van der Waals surface area contributed by atoms with Gasteiger partial charge >= 0.3 is 0 Å². The Bertz CT molecular complexity index is 619. The Hall–Kier alpha value is -1.85. The molecule has 0 saturated heterocycles. The molecule has 0 unspecified atom stereocenters. The number of rotatable bonds is 3. The van der Waals surface area contributed by atoms with Crippen molar-refractivity contribution in [2.45, 2.75) is 0 Å². The molecule has 6 heteroatoms. The third-order valence-electron chi connectivity index (χ3n) is 2.53. The fourth-order valence-corrected chi connectivity index (χ4v) is 1.94. The second kappa shape index (κ2) is 6.54. The number of nitrogens with one attached hydrogen (secondary N) is 2. The lowest BCUT2D eigenvalue weighted by Gasteiger charge is -2.11. The second-order valence-electron chi connectivity index (χ2n) is 3.93. The van der Waals surface area contributed by atoms with Gasteiger partial charge in [-0.15, -0.1) is 0 Å². The van der Waals surface area contributed by atoms with E-state index in [0.717, 1.165) is 11.4 Å². The Morgan fingerprint density at radius 2 is 1.85 bits per heavy atom. The van der Waals surface area contributed by atoms with E-state index in [1.54, 1.807) is 25.3 Å². The molecule has 0 fully saturated rings. The van der Waals surface area contributed by atoms with Crippen LogP contribution in [0.5, 0.6) is 5.75 Å². The summed E-state index contributed by atoms with van der Waals surface area (Å²) in [4.78, 5) is 0. The van der Waals surface area contributed by atoms with Crippen LogP contribution in [0.2, 0.25) is 5.02 Å². The van der Waals surface area contributed by atoms with Gasteiger partial charge in [-0.05, 0) is 54.7 Å². The van der Waals surface area contributed by atoms with E-state index in [4.69, 9.17) is 28.6 Å². The Kier molecular flexibility index (Phi) is 4.76. The van der Waals surface area contributed by atoms with Crippen LogP contribution in [0.4, 0.5) is 15.8 Å². The number of anilines is 2. The average Bonchev–Trinajstić information content (AvgIpc) is 2.43. The van der Waals surface area contributed by atoms with Crippen molar-refractivity contribution < 1.29 is 9.13 Å². The molecule has 0 radical (unpaired) electrons. The van der Waals surface area contributed by atoms with E-state index in [1.165, 1.54) is 12.1 Å². The van der Waals surface area contributed by atoms with Crippen LogP contribution in [-0.2, 0) is 0 Å². The third kappa shape index (κ3) is 3.82. The maximum atomic E-state index is 13.6. The van der Waals surface area contributed by atoms with Crippen molar-refractivity contribution in [2.24, 2.45) is 0 Å². The highest BCUT2D eigenvalue weighted by Crippen LogP contribution is 2.20. The fourth-order valence-electron chi connectivity index (χ4n) is 1.55. The Morgan fingerprint density at radius 3 is 2.45 bits per heavy atom. The zero-order valence-electron chi connectivity index (χ0n) is 10.6. The van der Waals surface area contributed by atoms with Gasteiger partial charge in [-0.1, -0.05) is 11.6 Å². The Balaban J connectivity index is 2.01. The van der Waals surface area contributed by atoms with Gasteiger partial charge in [0.15, 0.2) is 5.11 Å². The second-order valence-corrected chi connectivity index (χ2v) is 4.78. The number of hydrogen-bond donors (Lipinski definition) is 2. The molecule has 0 atom stereocenters. The summed E-state index contributed by atoms with van der Waals surface area (Å²) in [6, 6.07) is 11.6. The lowest BCUT2D eigenvalue weighted by Crippen LogP contribution is -2.19. The standard InChI is InChI=1S/C14H12ClFN2OS/c1-19-11-5-3-10(4-6-11)17-14(20)18-13-7-2-9(15)8-12(13)16/h2-8H,1H3,(H2,17,18,20). The third-order valence-corrected chi connectivity index (χ3v) is 2.97. The highest BCUT2D eigenvalue weighted by molar-refractivity contribution is 7.80. The van der Waals surface area contributed by atoms with E-state index in [2.05, 4.69) is 10.6 Å². The predicted molar refractivity (Wildman–Crippen MR) is 84.2 cm³/mol. The van der Waals surface area contributed by atoms with Crippen LogP contribution in [0.25, 0.3) is 0 Å². The van der Waals surface area contributed by atoms with Crippen molar-refractivity contribution >= 4 is 40.3 Å². The van der Waals surface area contributed by atoms with Crippen LogP contribution in [-0.4, -0.2) is 12.2 Å². The molecule has 2 aromatic carbocycles. The molecule has 2 aromatic rings. The van der Waals surface area contributed by atoms with Gasteiger partial charge in [-0.2, -0.15) is 0 Å². The van der Waals surface area contributed by atoms with Crippen molar-refractivity contribution in [1.82, 2.24) is 0 Å². The van der Waals surface area contributed by atoms with Gasteiger partial charge in [0, 0.05) is 10.7 Å². The number of halogens is 2. The highest BCUT2D eigenvalue weighted by Gasteiger charge is 2.05. The molecule has 0 bridgehead atoms. The normalized spacial score (nSPS) is 9.95. The largest absolute Gasteiger partial charge is 0.497 e. The summed E-state index contributed by atoms with van der Waals surface area (Å²) in [6.45, 7) is 0. The molecule has 0 heterocycles. The minimum Gasteiger partial charge on any atom is -0.497 e. The van der Waals surface area contributed by atoms with Crippen LogP contribution in [0.3, 0.4) is 0 Å². The zero-order chi connectivity index (χ0) is 14.5. The van der Waals surface area contributed by atoms with Crippen molar-refractivity contribution in [2.75, 3.05) is 17.7 Å². The quantitative estimate of drug-likeness (QED) is 0.828. The van der Waals surface area contributed by atoms with Gasteiger partial charge in [-0.3, -0.25) is 0 Å². The average molecular weight is 311 g/mol. The molecule has 20 heavy (non-hydrogen) atoms. The van der Waals surface area contributed by atoms with E-state index in [1.807, 2.05) is 12.1 Å². The van der Waals surface area contributed by atoms with Crippen molar-refractivity contribution in [3.05, 3.63) is 53.3 Å². The Labute approximate surface area is 126 Å². The molecule has 2 rings (SSSR count). The number of benzene rings is 2. The number of methoxy groups -OCH3 is 1. The first kappa shape index (κ1) is 14.6. The van der Waals surface area contributed by atoms with Gasteiger partial charge in [0.05, 0.1) is 12.8 Å². The molecule has 104 valence electrons. The van der Waals surface area contributed by atoms with Crippen LogP contribution in [0.15, 0.2) is 42.5 Å². The van der Waals surface area contributed by atoms with Gasteiger partial charge < -0.3 is 15.4 Å². The summed E-state index contributed by atoms with van der Waals surface area (Å²) in [5.74, 6) is 0.287. The fraction of sp³-hybridized carbons (Fsp3) is 0.0714. The molecule has 0 amide bonds. The zero-order valence-corrected chi connectivity index (χ0v) is 12.2. The van der Waals surface area contributed by atoms with Gasteiger partial charge in [-0.25, -0.2) is 4.39 Å². The van der Waals surface area contributed by atoms with E-state index >= 15 is 0 Å². The molecule has 0 spiro atoms. The molecule has 0 aliphatic carbocycles. The van der Waals surface area contributed by atoms with E-state index < -0.39 is 5.82 Å². The topological polar surface area (TPSA) is 33.3 Å². The van der Waals surface area contributed by atoms with Crippen molar-refractivity contribution in [3.63, 3.8) is 0 Å². The molecule has 0 aromatic heterocycles. The molecule has 0 aliphatic heterocycles. The summed E-state index contributed by atoms with van der Waals surface area (Å²) in [7, 11) is 1.60. The molecule has 2 N–H and O–H groups in total. The van der Waals surface area contributed by atoms with Gasteiger partial charge in [0.1, 0.15) is 11.6 Å². The number of hydrogen-bond acceptors (Lipinski definition) is 2. The monoisotopic (exact) mass is 310 g/mol. The first-order valence-corrected chi connectivity index (χ1v) is 6.54. The summed E-state index contributed by atoms with van der Waals surface area (Å²) in [5, 5.41) is 6.34. The minimum atomic E-state index is -0.462. The first-order chi connectivity index (χ1) is 9.58. The summed E-state index contributed by atoms with van der Waals surface area (Å²) < 4.78 is 18.7. The molecule has 0 saturated carbocycles. The highest BCUT2D eigenvalue weighted by atomic mass is 35.5. The van der Waals surface area contributed by atoms with Crippen molar-refractivity contribution in [1.29, 1.82) is 0 Å². The van der Waals surface area contributed by atoms with Crippen LogP contribution in [0, 0.1) is 5.82 Å². The minimum absolute atomic E-state index is 0.264. The maximum Gasteiger partial charge on any atom is 0.175 e. The summed E-state index contributed by atoms with van der Waals surface area (Å²) in [5.41, 5.74) is 1.04.